The van der Waals surface area contributed by atoms with Crippen molar-refractivity contribution in [1.29, 1.82) is 5.26 Å². The molecule has 0 aliphatic carbocycles. The predicted octanol–water partition coefficient (Wildman–Crippen LogP) is 2.47. The molecule has 19 heavy (non-hydrogen) atoms. The van der Waals surface area contributed by atoms with Gasteiger partial charge < -0.3 is 14.8 Å². The van der Waals surface area contributed by atoms with Gasteiger partial charge in [-0.1, -0.05) is 0 Å². The molecule has 0 atom stereocenters. The minimum Gasteiger partial charge on any atom is -0.486 e. The fraction of sp³-hybridized carbons (Fsp3) is 0.143. The van der Waals surface area contributed by atoms with E-state index >= 15 is 0 Å². The van der Waals surface area contributed by atoms with E-state index in [1.807, 2.05) is 18.2 Å². The molecule has 0 fully saturated rings. The first-order valence-corrected chi connectivity index (χ1v) is 5.88. The first-order chi connectivity index (χ1) is 9.35. The van der Waals surface area contributed by atoms with Crippen molar-refractivity contribution >= 4 is 11.5 Å². The number of ether oxygens (including phenoxy) is 2. The maximum atomic E-state index is 8.84. The van der Waals surface area contributed by atoms with Gasteiger partial charge in [-0.15, -0.1) is 0 Å². The van der Waals surface area contributed by atoms with Crippen LogP contribution in [0, 0.1) is 11.3 Å². The summed E-state index contributed by atoms with van der Waals surface area (Å²) in [7, 11) is 0. The second-order valence-electron chi connectivity index (χ2n) is 4.02. The lowest BCUT2D eigenvalue weighted by Crippen LogP contribution is -2.15. The molecule has 2 heterocycles. The molecule has 5 heteroatoms. The first-order valence-electron chi connectivity index (χ1n) is 5.88. The highest BCUT2D eigenvalue weighted by Gasteiger charge is 2.11. The number of nitrogens with zero attached hydrogens (tertiary/aromatic N) is 2. The van der Waals surface area contributed by atoms with Gasteiger partial charge in [0.25, 0.3) is 0 Å². The molecule has 0 spiro atoms. The summed E-state index contributed by atoms with van der Waals surface area (Å²) < 4.78 is 11.0. The summed E-state index contributed by atoms with van der Waals surface area (Å²) in [5.41, 5.74) is 1.40. The fourth-order valence-corrected chi connectivity index (χ4v) is 1.84. The SMILES string of the molecule is N#Cc1ccnc(Nc2ccc3c(c2)OCCO3)c1. The average Bonchev–Trinajstić information content (AvgIpc) is 2.47. The van der Waals surface area contributed by atoms with E-state index in [0.29, 0.717) is 30.3 Å². The molecule has 1 aliphatic rings. The highest BCUT2D eigenvalue weighted by Crippen LogP contribution is 2.33. The van der Waals surface area contributed by atoms with E-state index in [9.17, 15) is 0 Å². The minimum absolute atomic E-state index is 0.554. The Labute approximate surface area is 110 Å². The first kappa shape index (κ1) is 11.4. The van der Waals surface area contributed by atoms with Crippen molar-refractivity contribution < 1.29 is 9.47 Å². The van der Waals surface area contributed by atoms with Crippen LogP contribution in [-0.2, 0) is 0 Å². The van der Waals surface area contributed by atoms with Crippen molar-refractivity contribution in [3.63, 3.8) is 0 Å². The maximum Gasteiger partial charge on any atom is 0.163 e. The lowest BCUT2D eigenvalue weighted by Gasteiger charge is -2.19. The van der Waals surface area contributed by atoms with Crippen LogP contribution in [0.25, 0.3) is 0 Å². The monoisotopic (exact) mass is 253 g/mol. The van der Waals surface area contributed by atoms with Gasteiger partial charge in [-0.2, -0.15) is 5.26 Å². The summed E-state index contributed by atoms with van der Waals surface area (Å²) in [6.45, 7) is 1.13. The minimum atomic E-state index is 0.554. The van der Waals surface area contributed by atoms with Crippen LogP contribution in [0.15, 0.2) is 36.5 Å². The normalized spacial score (nSPS) is 12.6. The second-order valence-corrected chi connectivity index (χ2v) is 4.02. The second kappa shape index (κ2) is 4.86. The molecule has 1 N–H and O–H groups in total. The zero-order valence-corrected chi connectivity index (χ0v) is 10.1. The van der Waals surface area contributed by atoms with Crippen LogP contribution in [0.1, 0.15) is 5.56 Å². The molecule has 0 saturated carbocycles. The standard InChI is InChI=1S/C14H11N3O2/c15-9-10-3-4-16-14(7-10)17-11-1-2-12-13(8-11)19-6-5-18-12/h1-4,7-8H,5-6H2,(H,16,17). The van der Waals surface area contributed by atoms with Gasteiger partial charge in [-0.05, 0) is 24.3 Å². The zero-order valence-electron chi connectivity index (χ0n) is 10.1. The molecule has 0 unspecified atom stereocenters. The number of anilines is 2. The number of hydrogen-bond donors (Lipinski definition) is 1. The largest absolute Gasteiger partial charge is 0.486 e. The number of nitriles is 1. The molecular weight excluding hydrogens is 242 g/mol. The van der Waals surface area contributed by atoms with Crippen LogP contribution in [0.4, 0.5) is 11.5 Å². The Morgan fingerprint density at radius 1 is 1.11 bits per heavy atom. The van der Waals surface area contributed by atoms with Crippen LogP contribution < -0.4 is 14.8 Å². The molecule has 0 bridgehead atoms. The third-order valence-corrected chi connectivity index (χ3v) is 2.70. The van der Waals surface area contributed by atoms with Crippen molar-refractivity contribution in [3.05, 3.63) is 42.1 Å². The van der Waals surface area contributed by atoms with Gasteiger partial charge >= 0.3 is 0 Å². The third kappa shape index (κ3) is 2.43. The lowest BCUT2D eigenvalue weighted by molar-refractivity contribution is 0.171. The fourth-order valence-electron chi connectivity index (χ4n) is 1.84. The van der Waals surface area contributed by atoms with E-state index in [4.69, 9.17) is 14.7 Å². The average molecular weight is 253 g/mol. The Morgan fingerprint density at radius 2 is 1.95 bits per heavy atom. The molecule has 1 aliphatic heterocycles. The quantitative estimate of drug-likeness (QED) is 0.890. The van der Waals surface area contributed by atoms with Crippen molar-refractivity contribution in [2.24, 2.45) is 0 Å². The van der Waals surface area contributed by atoms with Crippen LogP contribution in [0.3, 0.4) is 0 Å². The summed E-state index contributed by atoms with van der Waals surface area (Å²) in [6.07, 6.45) is 1.60. The topological polar surface area (TPSA) is 67.2 Å². The molecule has 1 aromatic heterocycles. The van der Waals surface area contributed by atoms with Crippen LogP contribution >= 0.6 is 0 Å². The Bertz CT molecular complexity index is 649. The molecule has 5 nitrogen and oxygen atoms in total. The zero-order chi connectivity index (χ0) is 13.1. The smallest absolute Gasteiger partial charge is 0.163 e. The van der Waals surface area contributed by atoms with E-state index in [-0.39, 0.29) is 0 Å². The van der Waals surface area contributed by atoms with E-state index in [1.165, 1.54) is 0 Å². The molecular formula is C14H11N3O2. The van der Waals surface area contributed by atoms with Crippen LogP contribution in [0.5, 0.6) is 11.5 Å². The number of aromatic nitrogens is 1. The maximum absolute atomic E-state index is 8.84. The van der Waals surface area contributed by atoms with E-state index in [0.717, 1.165) is 11.4 Å². The van der Waals surface area contributed by atoms with E-state index < -0.39 is 0 Å². The van der Waals surface area contributed by atoms with Crippen molar-refractivity contribution in [2.75, 3.05) is 18.5 Å². The number of benzene rings is 1. The highest BCUT2D eigenvalue weighted by molar-refractivity contribution is 5.62. The number of pyridine rings is 1. The van der Waals surface area contributed by atoms with Crippen molar-refractivity contribution in [1.82, 2.24) is 4.98 Å². The summed E-state index contributed by atoms with van der Waals surface area (Å²) in [4.78, 5) is 4.16. The van der Waals surface area contributed by atoms with Gasteiger partial charge in [-0.25, -0.2) is 4.98 Å². The Balaban J connectivity index is 1.85. The van der Waals surface area contributed by atoms with Gasteiger partial charge in [0, 0.05) is 18.0 Å². The van der Waals surface area contributed by atoms with Gasteiger partial charge in [-0.3, -0.25) is 0 Å². The van der Waals surface area contributed by atoms with Crippen LogP contribution in [-0.4, -0.2) is 18.2 Å². The summed E-state index contributed by atoms with van der Waals surface area (Å²) in [6, 6.07) is 11.0. The number of rotatable bonds is 2. The number of fused-ring (bicyclic) bond motifs is 1. The molecule has 3 rings (SSSR count). The van der Waals surface area contributed by atoms with E-state index in [2.05, 4.69) is 16.4 Å². The molecule has 0 amide bonds. The highest BCUT2D eigenvalue weighted by atomic mass is 16.6. The molecule has 0 radical (unpaired) electrons. The molecule has 94 valence electrons. The van der Waals surface area contributed by atoms with Crippen LogP contribution in [0.2, 0.25) is 0 Å². The van der Waals surface area contributed by atoms with Crippen molar-refractivity contribution in [3.8, 4) is 17.6 Å². The Kier molecular flexibility index (Phi) is 2.91. The summed E-state index contributed by atoms with van der Waals surface area (Å²) in [5.74, 6) is 2.08. The third-order valence-electron chi connectivity index (χ3n) is 2.70. The summed E-state index contributed by atoms with van der Waals surface area (Å²) in [5, 5.41) is 12.0. The predicted molar refractivity (Wildman–Crippen MR) is 69.7 cm³/mol. The van der Waals surface area contributed by atoms with Gasteiger partial charge in [0.05, 0.1) is 11.6 Å². The number of nitrogens with one attached hydrogen (secondary N) is 1. The van der Waals surface area contributed by atoms with E-state index in [1.54, 1.807) is 18.3 Å². The van der Waals surface area contributed by atoms with Gasteiger partial charge in [0.2, 0.25) is 0 Å². The van der Waals surface area contributed by atoms with Crippen molar-refractivity contribution in [2.45, 2.75) is 0 Å². The Morgan fingerprint density at radius 3 is 2.79 bits per heavy atom. The lowest BCUT2D eigenvalue weighted by atomic mass is 10.2. The Hall–Kier alpha value is -2.74. The molecule has 0 saturated heterocycles. The van der Waals surface area contributed by atoms with Gasteiger partial charge in [0.1, 0.15) is 19.0 Å². The van der Waals surface area contributed by atoms with Gasteiger partial charge in [0.15, 0.2) is 11.5 Å². The number of hydrogen-bond acceptors (Lipinski definition) is 5. The molecule has 1 aromatic carbocycles. The molecule has 2 aromatic rings. The summed E-state index contributed by atoms with van der Waals surface area (Å²) >= 11 is 0.